The Morgan fingerprint density at radius 1 is 0.967 bits per heavy atom. The largest absolute Gasteiger partial charge is 0.488 e. The van der Waals surface area contributed by atoms with Gasteiger partial charge in [-0.25, -0.2) is 0 Å². The van der Waals surface area contributed by atoms with Crippen LogP contribution in [0.2, 0.25) is 0 Å². The van der Waals surface area contributed by atoms with Gasteiger partial charge in [0.05, 0.1) is 10.6 Å². The van der Waals surface area contributed by atoms with E-state index in [1.165, 1.54) is 17.3 Å². The van der Waals surface area contributed by atoms with Crippen LogP contribution in [-0.2, 0) is 11.4 Å². The predicted octanol–water partition coefficient (Wildman–Crippen LogP) is 6.29. The van der Waals surface area contributed by atoms with Gasteiger partial charge < -0.3 is 4.74 Å². The fourth-order valence-corrected chi connectivity index (χ4v) is 4.45. The highest BCUT2D eigenvalue weighted by Gasteiger charge is 2.33. The Hall–Kier alpha value is -2.89. The van der Waals surface area contributed by atoms with Crippen molar-refractivity contribution in [2.45, 2.75) is 20.5 Å². The Balaban J connectivity index is 1.58. The Kier molecular flexibility index (Phi) is 6.02. The van der Waals surface area contributed by atoms with Gasteiger partial charge in [-0.15, -0.1) is 0 Å². The molecule has 1 fully saturated rings. The topological polar surface area (TPSA) is 29.5 Å². The SMILES string of the molecule is Cc1ccc(N2C(=O)/C(=C/c3ccccc3OCc3ccccc3)SC2=S)cc1C. The molecule has 0 radical (unpaired) electrons. The van der Waals surface area contributed by atoms with Crippen LogP contribution in [0.15, 0.2) is 77.7 Å². The molecule has 5 heteroatoms. The average molecular weight is 432 g/mol. The molecular formula is C25H21NO2S2. The molecule has 1 aliphatic heterocycles. The number of rotatable bonds is 5. The van der Waals surface area contributed by atoms with E-state index in [0.29, 0.717) is 15.8 Å². The fourth-order valence-electron chi connectivity index (χ4n) is 3.16. The van der Waals surface area contributed by atoms with E-state index in [0.717, 1.165) is 28.1 Å². The third-order valence-corrected chi connectivity index (χ3v) is 6.29. The fraction of sp³-hybridized carbons (Fsp3) is 0.120. The third kappa shape index (κ3) is 4.32. The number of ether oxygens (including phenoxy) is 1. The second-order valence-electron chi connectivity index (χ2n) is 7.10. The van der Waals surface area contributed by atoms with E-state index in [1.807, 2.05) is 85.8 Å². The van der Waals surface area contributed by atoms with Gasteiger partial charge in [-0.05, 0) is 54.8 Å². The lowest BCUT2D eigenvalue weighted by Gasteiger charge is -2.16. The molecule has 1 saturated heterocycles. The lowest BCUT2D eigenvalue weighted by atomic mass is 10.1. The maximum atomic E-state index is 13.1. The summed E-state index contributed by atoms with van der Waals surface area (Å²) in [4.78, 5) is 15.3. The van der Waals surface area contributed by atoms with Gasteiger partial charge in [-0.1, -0.05) is 78.6 Å². The van der Waals surface area contributed by atoms with Crippen molar-refractivity contribution in [3.63, 3.8) is 0 Å². The number of aryl methyl sites for hydroxylation is 2. The number of carbonyl (C=O) groups excluding carboxylic acids is 1. The van der Waals surface area contributed by atoms with Gasteiger partial charge in [0.15, 0.2) is 4.32 Å². The van der Waals surface area contributed by atoms with E-state index in [4.69, 9.17) is 17.0 Å². The van der Waals surface area contributed by atoms with E-state index in [1.54, 1.807) is 4.90 Å². The van der Waals surface area contributed by atoms with Crippen molar-refractivity contribution < 1.29 is 9.53 Å². The summed E-state index contributed by atoms with van der Waals surface area (Å²) in [7, 11) is 0. The summed E-state index contributed by atoms with van der Waals surface area (Å²) in [6, 6.07) is 23.7. The smallest absolute Gasteiger partial charge is 0.270 e. The molecule has 0 spiro atoms. The van der Waals surface area contributed by atoms with Crippen molar-refractivity contribution >= 4 is 46.0 Å². The second kappa shape index (κ2) is 8.86. The molecule has 0 aliphatic carbocycles. The summed E-state index contributed by atoms with van der Waals surface area (Å²) < 4.78 is 6.56. The first-order valence-electron chi connectivity index (χ1n) is 9.64. The minimum Gasteiger partial charge on any atom is -0.488 e. The standard InChI is InChI=1S/C25H21NO2S2/c1-17-12-13-21(14-18(17)2)26-24(27)23(30-25(26)29)15-20-10-6-7-11-22(20)28-16-19-8-4-3-5-9-19/h3-15H,16H2,1-2H3/b23-15-. The lowest BCUT2D eigenvalue weighted by Crippen LogP contribution is -2.27. The zero-order chi connectivity index (χ0) is 21.1. The molecule has 1 aliphatic rings. The average Bonchev–Trinajstić information content (AvgIpc) is 3.03. The number of thiocarbonyl (C=S) groups is 1. The first kappa shape index (κ1) is 20.4. The van der Waals surface area contributed by atoms with E-state index in [2.05, 4.69) is 6.92 Å². The maximum absolute atomic E-state index is 13.1. The van der Waals surface area contributed by atoms with Gasteiger partial charge in [-0.2, -0.15) is 0 Å². The summed E-state index contributed by atoms with van der Waals surface area (Å²) in [6.07, 6.45) is 1.86. The van der Waals surface area contributed by atoms with E-state index in [9.17, 15) is 4.79 Å². The molecular weight excluding hydrogens is 410 g/mol. The molecule has 0 N–H and O–H groups in total. The monoisotopic (exact) mass is 431 g/mol. The van der Waals surface area contributed by atoms with Crippen LogP contribution >= 0.6 is 24.0 Å². The van der Waals surface area contributed by atoms with Crippen molar-refractivity contribution in [3.05, 3.63) is 100.0 Å². The number of para-hydroxylation sites is 1. The van der Waals surface area contributed by atoms with Crippen LogP contribution in [0.3, 0.4) is 0 Å². The Bertz CT molecular complexity index is 1140. The minimum atomic E-state index is -0.105. The number of nitrogens with zero attached hydrogens (tertiary/aromatic N) is 1. The number of benzene rings is 3. The van der Waals surface area contributed by atoms with E-state index in [-0.39, 0.29) is 5.91 Å². The highest BCUT2D eigenvalue weighted by atomic mass is 32.2. The summed E-state index contributed by atoms with van der Waals surface area (Å²) in [5, 5.41) is 0. The molecule has 3 aromatic carbocycles. The molecule has 3 nitrogen and oxygen atoms in total. The summed E-state index contributed by atoms with van der Waals surface area (Å²) in [5.74, 6) is 0.629. The van der Waals surface area contributed by atoms with Gasteiger partial charge >= 0.3 is 0 Å². The molecule has 0 aromatic heterocycles. The number of hydrogen-bond donors (Lipinski definition) is 0. The van der Waals surface area contributed by atoms with Gasteiger partial charge in [0.25, 0.3) is 5.91 Å². The van der Waals surface area contributed by atoms with E-state index >= 15 is 0 Å². The number of anilines is 1. The quantitative estimate of drug-likeness (QED) is 0.351. The first-order chi connectivity index (χ1) is 14.5. The molecule has 3 aromatic rings. The molecule has 1 amide bonds. The zero-order valence-electron chi connectivity index (χ0n) is 16.8. The Morgan fingerprint density at radius 3 is 2.47 bits per heavy atom. The molecule has 150 valence electrons. The van der Waals surface area contributed by atoms with Crippen LogP contribution in [0.5, 0.6) is 5.75 Å². The normalized spacial score (nSPS) is 15.1. The van der Waals surface area contributed by atoms with Crippen LogP contribution in [-0.4, -0.2) is 10.2 Å². The van der Waals surface area contributed by atoms with Crippen molar-refractivity contribution in [2.75, 3.05) is 4.90 Å². The summed E-state index contributed by atoms with van der Waals surface area (Å²) >= 11 is 6.83. The van der Waals surface area contributed by atoms with Crippen molar-refractivity contribution in [1.82, 2.24) is 0 Å². The molecule has 1 heterocycles. The third-order valence-electron chi connectivity index (χ3n) is 4.99. The van der Waals surface area contributed by atoms with Crippen LogP contribution in [0.25, 0.3) is 6.08 Å². The highest BCUT2D eigenvalue weighted by Crippen LogP contribution is 2.37. The molecule has 0 unspecified atom stereocenters. The molecule has 0 saturated carbocycles. The van der Waals surface area contributed by atoms with Gasteiger partial charge in [0.1, 0.15) is 12.4 Å². The molecule has 0 bridgehead atoms. The minimum absolute atomic E-state index is 0.105. The van der Waals surface area contributed by atoms with Gasteiger partial charge in [-0.3, -0.25) is 9.69 Å². The second-order valence-corrected chi connectivity index (χ2v) is 8.77. The number of hydrogen-bond acceptors (Lipinski definition) is 4. The Labute approximate surface area is 186 Å². The Morgan fingerprint density at radius 2 is 1.70 bits per heavy atom. The first-order valence-corrected chi connectivity index (χ1v) is 10.9. The van der Waals surface area contributed by atoms with Gasteiger partial charge in [0, 0.05) is 5.56 Å². The maximum Gasteiger partial charge on any atom is 0.270 e. The molecule has 4 rings (SSSR count). The van der Waals surface area contributed by atoms with Crippen LogP contribution in [0.4, 0.5) is 5.69 Å². The van der Waals surface area contributed by atoms with Crippen LogP contribution < -0.4 is 9.64 Å². The number of thioether (sulfide) groups is 1. The molecule has 0 atom stereocenters. The summed E-state index contributed by atoms with van der Waals surface area (Å²) in [5.41, 5.74) is 5.06. The zero-order valence-corrected chi connectivity index (χ0v) is 18.4. The summed E-state index contributed by atoms with van der Waals surface area (Å²) in [6.45, 7) is 4.55. The number of carbonyl (C=O) groups is 1. The van der Waals surface area contributed by atoms with Crippen LogP contribution in [0.1, 0.15) is 22.3 Å². The predicted molar refractivity (Wildman–Crippen MR) is 129 cm³/mol. The van der Waals surface area contributed by atoms with Crippen molar-refractivity contribution in [1.29, 1.82) is 0 Å². The van der Waals surface area contributed by atoms with Crippen LogP contribution in [0, 0.1) is 13.8 Å². The van der Waals surface area contributed by atoms with Gasteiger partial charge in [0.2, 0.25) is 0 Å². The van der Waals surface area contributed by atoms with Crippen molar-refractivity contribution in [3.8, 4) is 5.75 Å². The highest BCUT2D eigenvalue weighted by molar-refractivity contribution is 8.27. The lowest BCUT2D eigenvalue weighted by molar-refractivity contribution is -0.113. The number of amides is 1. The van der Waals surface area contributed by atoms with Crippen molar-refractivity contribution in [2.24, 2.45) is 0 Å². The molecule has 30 heavy (non-hydrogen) atoms. The van der Waals surface area contributed by atoms with E-state index < -0.39 is 0 Å².